The highest BCUT2D eigenvalue weighted by atomic mass is 19.1. The van der Waals surface area contributed by atoms with Crippen LogP contribution in [0.15, 0.2) is 60.7 Å². The molecule has 0 aliphatic carbocycles. The van der Waals surface area contributed by atoms with Crippen LogP contribution >= 0.6 is 0 Å². The average Bonchev–Trinajstić information content (AvgIpc) is 2.75. The molecule has 0 aliphatic rings. The zero-order chi connectivity index (χ0) is 23.1. The number of ether oxygens (including phenoxy) is 2. The number of carbonyl (C=O) groups excluding carboxylic acids is 2. The van der Waals surface area contributed by atoms with Gasteiger partial charge < -0.3 is 20.1 Å². The molecule has 0 spiro atoms. The highest BCUT2D eigenvalue weighted by molar-refractivity contribution is 5.95. The maximum Gasteiger partial charge on any atom is 0.262 e. The van der Waals surface area contributed by atoms with Crippen molar-refractivity contribution in [1.82, 2.24) is 0 Å². The number of anilines is 2. The maximum atomic E-state index is 12.9. The molecule has 3 rings (SSSR count). The number of nitrogens with one attached hydrogen (secondary N) is 2. The number of carbonyl (C=O) groups is 2. The van der Waals surface area contributed by atoms with Gasteiger partial charge in [0.2, 0.25) is 0 Å². The number of aryl methyl sites for hydroxylation is 2. The summed E-state index contributed by atoms with van der Waals surface area (Å²) in [4.78, 5) is 24.4. The molecule has 0 fully saturated rings. The molecule has 6 nitrogen and oxygen atoms in total. The van der Waals surface area contributed by atoms with E-state index in [0.717, 1.165) is 11.1 Å². The van der Waals surface area contributed by atoms with Crippen molar-refractivity contribution in [2.75, 3.05) is 23.8 Å². The van der Waals surface area contributed by atoms with Crippen molar-refractivity contribution in [2.45, 2.75) is 13.8 Å². The topological polar surface area (TPSA) is 76.7 Å². The molecular formula is C24H22F2N2O4. The normalized spacial score (nSPS) is 10.4. The summed E-state index contributed by atoms with van der Waals surface area (Å²) in [5, 5.41) is 5.52. The van der Waals surface area contributed by atoms with Gasteiger partial charge >= 0.3 is 0 Å². The Labute approximate surface area is 184 Å². The van der Waals surface area contributed by atoms with Crippen molar-refractivity contribution in [3.05, 3.63) is 83.4 Å². The smallest absolute Gasteiger partial charge is 0.262 e. The molecule has 166 valence electrons. The summed E-state index contributed by atoms with van der Waals surface area (Å²) in [5.41, 5.74) is 2.65. The van der Waals surface area contributed by atoms with Crippen LogP contribution in [0.25, 0.3) is 0 Å². The number of rotatable bonds is 8. The summed E-state index contributed by atoms with van der Waals surface area (Å²) in [5.74, 6) is -0.752. The standard InChI is InChI=1S/C24H22F2N2O4/c1-15-11-19(27-22(29)13-31-20-7-3-17(25)4-8-20)12-16(2)24(15)28-23(30)14-32-21-9-5-18(26)6-10-21/h3-12H,13-14H2,1-2H3,(H,27,29)(H,28,30). The number of benzene rings is 3. The van der Waals surface area contributed by atoms with Crippen LogP contribution in [-0.4, -0.2) is 25.0 Å². The minimum Gasteiger partial charge on any atom is -0.484 e. The Morgan fingerprint density at radius 2 is 1.12 bits per heavy atom. The number of halogens is 2. The van der Waals surface area contributed by atoms with Crippen LogP contribution in [0.2, 0.25) is 0 Å². The molecule has 0 bridgehead atoms. The lowest BCUT2D eigenvalue weighted by molar-refractivity contribution is -0.118. The number of hydrogen-bond donors (Lipinski definition) is 2. The first-order valence-corrected chi connectivity index (χ1v) is 9.78. The minimum atomic E-state index is -0.387. The predicted octanol–water partition coefficient (Wildman–Crippen LogP) is 4.62. The Kier molecular flexibility index (Phi) is 7.38. The third-order valence-electron chi connectivity index (χ3n) is 4.45. The molecule has 0 heterocycles. The highest BCUT2D eigenvalue weighted by Crippen LogP contribution is 2.25. The molecule has 3 aromatic carbocycles. The molecule has 2 amide bonds. The van der Waals surface area contributed by atoms with Gasteiger partial charge in [-0.1, -0.05) is 0 Å². The van der Waals surface area contributed by atoms with Gasteiger partial charge in [0.25, 0.3) is 11.8 Å². The van der Waals surface area contributed by atoms with E-state index < -0.39 is 0 Å². The molecule has 0 radical (unpaired) electrons. The Hall–Kier alpha value is -3.94. The summed E-state index contributed by atoms with van der Waals surface area (Å²) in [6.07, 6.45) is 0. The van der Waals surface area contributed by atoms with Crippen molar-refractivity contribution < 1.29 is 27.8 Å². The maximum absolute atomic E-state index is 12.9. The van der Waals surface area contributed by atoms with E-state index in [1.54, 1.807) is 26.0 Å². The number of hydrogen-bond acceptors (Lipinski definition) is 4. The highest BCUT2D eigenvalue weighted by Gasteiger charge is 2.12. The van der Waals surface area contributed by atoms with Crippen LogP contribution in [0.5, 0.6) is 11.5 Å². The zero-order valence-corrected chi connectivity index (χ0v) is 17.6. The molecule has 8 heteroatoms. The SMILES string of the molecule is Cc1cc(NC(=O)COc2ccc(F)cc2)cc(C)c1NC(=O)COc1ccc(F)cc1. The van der Waals surface area contributed by atoms with Crippen LogP contribution < -0.4 is 20.1 Å². The van der Waals surface area contributed by atoms with Crippen LogP contribution in [0.1, 0.15) is 11.1 Å². The van der Waals surface area contributed by atoms with Crippen LogP contribution in [0.4, 0.5) is 20.2 Å². The van der Waals surface area contributed by atoms with E-state index in [-0.39, 0.29) is 36.7 Å². The van der Waals surface area contributed by atoms with E-state index in [1.165, 1.54) is 48.5 Å². The molecule has 0 aliphatic heterocycles. The van der Waals surface area contributed by atoms with E-state index in [4.69, 9.17) is 9.47 Å². The molecule has 3 aromatic rings. The van der Waals surface area contributed by atoms with Crippen LogP contribution in [0.3, 0.4) is 0 Å². The molecular weight excluding hydrogens is 418 g/mol. The second-order valence-electron chi connectivity index (χ2n) is 7.07. The Balaban J connectivity index is 1.54. The monoisotopic (exact) mass is 440 g/mol. The van der Waals surface area contributed by atoms with Gasteiger partial charge in [0.15, 0.2) is 13.2 Å². The second-order valence-corrected chi connectivity index (χ2v) is 7.07. The molecule has 32 heavy (non-hydrogen) atoms. The first-order valence-electron chi connectivity index (χ1n) is 9.78. The lowest BCUT2D eigenvalue weighted by atomic mass is 10.1. The Morgan fingerprint density at radius 1 is 0.719 bits per heavy atom. The molecule has 2 N–H and O–H groups in total. The molecule has 0 saturated heterocycles. The summed E-state index contributed by atoms with van der Waals surface area (Å²) in [7, 11) is 0. The first-order chi connectivity index (χ1) is 15.3. The van der Waals surface area contributed by atoms with Crippen molar-refractivity contribution in [3.8, 4) is 11.5 Å². The summed E-state index contributed by atoms with van der Waals surface area (Å²) in [6.45, 7) is 3.13. The van der Waals surface area contributed by atoms with Crippen molar-refractivity contribution in [2.24, 2.45) is 0 Å². The van der Waals surface area contributed by atoms with E-state index >= 15 is 0 Å². The zero-order valence-electron chi connectivity index (χ0n) is 17.6. The van der Waals surface area contributed by atoms with Gasteiger partial charge in [-0.3, -0.25) is 9.59 Å². The average molecular weight is 440 g/mol. The van der Waals surface area contributed by atoms with Gasteiger partial charge in [0.05, 0.1) is 0 Å². The second kappa shape index (κ2) is 10.4. The fourth-order valence-electron chi connectivity index (χ4n) is 2.96. The van der Waals surface area contributed by atoms with Crippen molar-refractivity contribution >= 4 is 23.2 Å². The van der Waals surface area contributed by atoms with E-state index in [1.807, 2.05) is 0 Å². The molecule has 0 saturated carbocycles. The molecule has 0 atom stereocenters. The lowest BCUT2D eigenvalue weighted by Gasteiger charge is -2.15. The Morgan fingerprint density at radius 3 is 1.56 bits per heavy atom. The van der Waals surface area contributed by atoms with E-state index in [2.05, 4.69) is 10.6 Å². The predicted molar refractivity (Wildman–Crippen MR) is 117 cm³/mol. The fraction of sp³-hybridized carbons (Fsp3) is 0.167. The van der Waals surface area contributed by atoms with Crippen molar-refractivity contribution in [3.63, 3.8) is 0 Å². The number of amides is 2. The Bertz CT molecular complexity index is 1080. The van der Waals surface area contributed by atoms with Gasteiger partial charge in [-0.05, 0) is 85.6 Å². The molecule has 0 unspecified atom stereocenters. The largest absolute Gasteiger partial charge is 0.484 e. The third-order valence-corrected chi connectivity index (χ3v) is 4.45. The van der Waals surface area contributed by atoms with Crippen LogP contribution in [0, 0.1) is 25.5 Å². The van der Waals surface area contributed by atoms with Gasteiger partial charge in [0.1, 0.15) is 23.1 Å². The minimum absolute atomic E-state index is 0.232. The van der Waals surface area contributed by atoms with Gasteiger partial charge in [-0.2, -0.15) is 0 Å². The lowest BCUT2D eigenvalue weighted by Crippen LogP contribution is -2.22. The van der Waals surface area contributed by atoms with E-state index in [0.29, 0.717) is 22.9 Å². The van der Waals surface area contributed by atoms with E-state index in [9.17, 15) is 18.4 Å². The molecule has 0 aromatic heterocycles. The fourth-order valence-corrected chi connectivity index (χ4v) is 2.96. The van der Waals surface area contributed by atoms with Gasteiger partial charge in [-0.25, -0.2) is 8.78 Å². The first kappa shape index (κ1) is 22.7. The summed E-state index contributed by atoms with van der Waals surface area (Å²) in [6, 6.07) is 14.2. The van der Waals surface area contributed by atoms with Gasteiger partial charge in [-0.15, -0.1) is 0 Å². The third kappa shape index (κ3) is 6.53. The van der Waals surface area contributed by atoms with Crippen molar-refractivity contribution in [1.29, 1.82) is 0 Å². The van der Waals surface area contributed by atoms with Crippen LogP contribution in [-0.2, 0) is 9.59 Å². The quantitative estimate of drug-likeness (QED) is 0.536. The van der Waals surface area contributed by atoms with Gasteiger partial charge in [0, 0.05) is 11.4 Å². The summed E-state index contributed by atoms with van der Waals surface area (Å²) >= 11 is 0. The summed E-state index contributed by atoms with van der Waals surface area (Å²) < 4.78 is 36.5.